The highest BCUT2D eigenvalue weighted by Gasteiger charge is 2.10. The summed E-state index contributed by atoms with van der Waals surface area (Å²) in [4.78, 5) is 24.4. The fraction of sp³-hybridized carbons (Fsp3) is 0.0909. The number of rotatable bonds is 4. The Hall–Kier alpha value is -1.46. The summed E-state index contributed by atoms with van der Waals surface area (Å²) in [7, 11) is 0. The summed E-state index contributed by atoms with van der Waals surface area (Å²) >= 11 is 2.74. The molecule has 5 heteroatoms. The molecule has 2 heterocycles. The first-order valence-electron chi connectivity index (χ1n) is 4.66. The van der Waals surface area contributed by atoms with Gasteiger partial charge in [0.05, 0.1) is 16.3 Å². The van der Waals surface area contributed by atoms with Crippen molar-refractivity contribution in [3.63, 3.8) is 0 Å². The molecule has 2 rings (SSSR count). The molecule has 0 radical (unpaired) electrons. The number of hydrogen-bond acceptors (Lipinski definition) is 4. The summed E-state index contributed by atoms with van der Waals surface area (Å²) < 4.78 is 0. The van der Waals surface area contributed by atoms with Crippen LogP contribution in [0.5, 0.6) is 0 Å². The van der Waals surface area contributed by atoms with E-state index in [0.29, 0.717) is 9.75 Å². The Morgan fingerprint density at radius 3 is 2.25 bits per heavy atom. The number of ketones is 1. The Kier molecular flexibility index (Phi) is 3.48. The number of Topliss-reactive ketones (excluding diaryl/α,β-unsaturated/α-hetero) is 1. The van der Waals surface area contributed by atoms with E-state index in [4.69, 9.17) is 0 Å². The summed E-state index contributed by atoms with van der Waals surface area (Å²) in [5.41, 5.74) is 0. The van der Waals surface area contributed by atoms with E-state index in [-0.39, 0.29) is 18.2 Å². The first kappa shape index (κ1) is 11.0. The summed E-state index contributed by atoms with van der Waals surface area (Å²) in [6.45, 7) is 0.0528. The number of carbonyl (C=O) groups excluding carboxylic acids is 2. The Morgan fingerprint density at radius 1 is 1.06 bits per heavy atom. The lowest BCUT2D eigenvalue weighted by Crippen LogP contribution is -2.28. The van der Waals surface area contributed by atoms with Gasteiger partial charge in [0, 0.05) is 0 Å². The molecule has 0 spiro atoms. The van der Waals surface area contributed by atoms with Crippen molar-refractivity contribution >= 4 is 34.4 Å². The summed E-state index contributed by atoms with van der Waals surface area (Å²) in [5.74, 6) is -0.250. The third kappa shape index (κ3) is 2.56. The lowest BCUT2D eigenvalue weighted by Gasteiger charge is -2.00. The molecule has 0 aromatic carbocycles. The molecule has 0 atom stereocenters. The molecule has 0 fully saturated rings. The molecule has 0 aliphatic carbocycles. The highest BCUT2D eigenvalue weighted by atomic mass is 32.1. The number of nitrogens with one attached hydrogen (secondary N) is 1. The summed E-state index contributed by atoms with van der Waals surface area (Å²) in [6, 6.07) is 7.11. The SMILES string of the molecule is O=C(CNC(=O)c1cccs1)c1cccs1. The first-order valence-corrected chi connectivity index (χ1v) is 6.41. The van der Waals surface area contributed by atoms with Crippen molar-refractivity contribution in [3.05, 3.63) is 44.8 Å². The van der Waals surface area contributed by atoms with Crippen LogP contribution in [0.15, 0.2) is 35.0 Å². The maximum atomic E-state index is 11.6. The lowest BCUT2D eigenvalue weighted by atomic mass is 10.3. The Morgan fingerprint density at radius 2 is 1.69 bits per heavy atom. The molecule has 0 aliphatic rings. The van der Waals surface area contributed by atoms with Crippen molar-refractivity contribution in [3.8, 4) is 0 Å². The fourth-order valence-corrected chi connectivity index (χ4v) is 2.48. The molecule has 2 aromatic rings. The molecule has 82 valence electrons. The zero-order valence-corrected chi connectivity index (χ0v) is 9.94. The van der Waals surface area contributed by atoms with Gasteiger partial charge in [-0.15, -0.1) is 22.7 Å². The second-order valence-electron chi connectivity index (χ2n) is 3.06. The van der Waals surface area contributed by atoms with Crippen molar-refractivity contribution in [1.82, 2.24) is 5.32 Å². The standard InChI is InChI=1S/C11H9NO2S2/c13-8(9-3-1-5-15-9)7-12-11(14)10-4-2-6-16-10/h1-6H,7H2,(H,12,14). The Labute approximate surface area is 101 Å². The van der Waals surface area contributed by atoms with Gasteiger partial charge >= 0.3 is 0 Å². The van der Waals surface area contributed by atoms with Gasteiger partial charge in [0.15, 0.2) is 5.78 Å². The van der Waals surface area contributed by atoms with E-state index in [9.17, 15) is 9.59 Å². The van der Waals surface area contributed by atoms with Gasteiger partial charge in [-0.2, -0.15) is 0 Å². The van der Waals surface area contributed by atoms with Crippen LogP contribution in [0.1, 0.15) is 19.3 Å². The summed E-state index contributed by atoms with van der Waals surface area (Å²) in [5, 5.41) is 6.27. The first-order chi connectivity index (χ1) is 7.77. The fourth-order valence-electron chi connectivity index (χ4n) is 1.18. The van der Waals surface area contributed by atoms with Gasteiger partial charge in [0.2, 0.25) is 0 Å². The maximum Gasteiger partial charge on any atom is 0.261 e. The van der Waals surface area contributed by atoms with Crippen molar-refractivity contribution in [1.29, 1.82) is 0 Å². The maximum absolute atomic E-state index is 11.6. The van der Waals surface area contributed by atoms with E-state index in [1.165, 1.54) is 22.7 Å². The minimum atomic E-state index is -0.195. The third-order valence-electron chi connectivity index (χ3n) is 1.95. The molecular weight excluding hydrogens is 242 g/mol. The lowest BCUT2D eigenvalue weighted by molar-refractivity contribution is 0.0908. The molecule has 0 unspecified atom stereocenters. The molecule has 0 aliphatic heterocycles. The molecule has 16 heavy (non-hydrogen) atoms. The van der Waals surface area contributed by atoms with Gasteiger partial charge in [-0.05, 0) is 22.9 Å². The molecule has 1 N–H and O–H groups in total. The smallest absolute Gasteiger partial charge is 0.261 e. The van der Waals surface area contributed by atoms with Crippen molar-refractivity contribution in [2.75, 3.05) is 6.54 Å². The average Bonchev–Trinajstić information content (AvgIpc) is 2.95. The minimum Gasteiger partial charge on any atom is -0.344 e. The Bertz CT molecular complexity index is 428. The van der Waals surface area contributed by atoms with Crippen molar-refractivity contribution in [2.24, 2.45) is 0 Å². The average molecular weight is 251 g/mol. The second kappa shape index (κ2) is 5.05. The normalized spacial score (nSPS) is 10.0. The minimum absolute atomic E-state index is 0.0528. The van der Waals surface area contributed by atoms with Crippen LogP contribution in [0.25, 0.3) is 0 Å². The highest BCUT2D eigenvalue weighted by Crippen LogP contribution is 2.10. The van der Waals surface area contributed by atoms with E-state index in [1.54, 1.807) is 18.2 Å². The van der Waals surface area contributed by atoms with Crippen LogP contribution in [0, 0.1) is 0 Å². The van der Waals surface area contributed by atoms with E-state index >= 15 is 0 Å². The topological polar surface area (TPSA) is 46.2 Å². The van der Waals surface area contributed by atoms with Gasteiger partial charge in [-0.25, -0.2) is 0 Å². The molecule has 0 saturated carbocycles. The van der Waals surface area contributed by atoms with Crippen LogP contribution in [-0.4, -0.2) is 18.2 Å². The predicted molar refractivity (Wildman–Crippen MR) is 65.3 cm³/mol. The molecule has 3 nitrogen and oxygen atoms in total. The van der Waals surface area contributed by atoms with E-state index in [2.05, 4.69) is 5.32 Å². The van der Waals surface area contributed by atoms with Gasteiger partial charge in [0.1, 0.15) is 0 Å². The monoisotopic (exact) mass is 251 g/mol. The van der Waals surface area contributed by atoms with Crippen LogP contribution >= 0.6 is 22.7 Å². The molecule has 0 saturated heterocycles. The van der Waals surface area contributed by atoms with Crippen LogP contribution in [0.3, 0.4) is 0 Å². The second-order valence-corrected chi connectivity index (χ2v) is 4.96. The van der Waals surface area contributed by atoms with E-state index < -0.39 is 0 Å². The van der Waals surface area contributed by atoms with Gasteiger partial charge in [-0.1, -0.05) is 12.1 Å². The molecule has 0 bridgehead atoms. The summed E-state index contributed by atoms with van der Waals surface area (Å²) in [6.07, 6.45) is 0. The van der Waals surface area contributed by atoms with Gasteiger partial charge in [-0.3, -0.25) is 9.59 Å². The van der Waals surface area contributed by atoms with E-state index in [0.717, 1.165) is 0 Å². The number of thiophene rings is 2. The number of hydrogen-bond donors (Lipinski definition) is 1. The third-order valence-corrected chi connectivity index (χ3v) is 3.73. The van der Waals surface area contributed by atoms with Gasteiger partial charge in [0.25, 0.3) is 5.91 Å². The van der Waals surface area contributed by atoms with Crippen LogP contribution in [0.4, 0.5) is 0 Å². The zero-order chi connectivity index (χ0) is 11.4. The van der Waals surface area contributed by atoms with Crippen molar-refractivity contribution < 1.29 is 9.59 Å². The van der Waals surface area contributed by atoms with E-state index in [1.807, 2.05) is 16.8 Å². The van der Waals surface area contributed by atoms with Crippen molar-refractivity contribution in [2.45, 2.75) is 0 Å². The van der Waals surface area contributed by atoms with Crippen LogP contribution < -0.4 is 5.32 Å². The zero-order valence-electron chi connectivity index (χ0n) is 8.30. The van der Waals surface area contributed by atoms with Crippen LogP contribution in [0.2, 0.25) is 0 Å². The predicted octanol–water partition coefficient (Wildman–Crippen LogP) is 2.42. The molecular formula is C11H9NO2S2. The quantitative estimate of drug-likeness (QED) is 0.848. The molecule has 1 amide bonds. The largest absolute Gasteiger partial charge is 0.344 e. The Balaban J connectivity index is 1.89. The number of carbonyl (C=O) groups is 2. The highest BCUT2D eigenvalue weighted by molar-refractivity contribution is 7.12. The molecule has 2 aromatic heterocycles. The van der Waals surface area contributed by atoms with Gasteiger partial charge < -0.3 is 5.32 Å². The van der Waals surface area contributed by atoms with Crippen LogP contribution in [-0.2, 0) is 0 Å². The number of amides is 1.